The van der Waals surface area contributed by atoms with E-state index in [2.05, 4.69) is 18.7 Å². The topological polar surface area (TPSA) is 6.48 Å². The van der Waals surface area contributed by atoms with Crippen LogP contribution in [0.1, 0.15) is 26.3 Å². The van der Waals surface area contributed by atoms with Crippen molar-refractivity contribution in [1.82, 2.24) is 4.90 Å². The van der Waals surface area contributed by atoms with Crippen molar-refractivity contribution in [2.45, 2.75) is 33.2 Å². The predicted molar refractivity (Wildman–Crippen MR) is 74.7 cm³/mol. The van der Waals surface area contributed by atoms with E-state index in [-0.39, 0.29) is 5.69 Å². The van der Waals surface area contributed by atoms with Gasteiger partial charge in [-0.25, -0.2) is 8.78 Å². The molecule has 19 heavy (non-hydrogen) atoms. The molecule has 0 N–H and O–H groups in total. The number of rotatable bonds is 3. The summed E-state index contributed by atoms with van der Waals surface area (Å²) in [5.74, 6) is -0.871. The quantitative estimate of drug-likeness (QED) is 0.831. The monoisotopic (exact) mass is 268 g/mol. The largest absolute Gasteiger partial charge is 0.364 e. The zero-order chi connectivity index (χ0) is 14.0. The third-order valence-corrected chi connectivity index (χ3v) is 3.85. The molecule has 1 aliphatic heterocycles. The highest BCUT2D eigenvalue weighted by Gasteiger charge is 2.23. The summed E-state index contributed by atoms with van der Waals surface area (Å²) in [4.78, 5) is 4.15. The summed E-state index contributed by atoms with van der Waals surface area (Å²) in [7, 11) is 0. The van der Waals surface area contributed by atoms with E-state index in [0.29, 0.717) is 31.1 Å². The van der Waals surface area contributed by atoms with Gasteiger partial charge in [-0.1, -0.05) is 6.92 Å². The lowest BCUT2D eigenvalue weighted by Gasteiger charge is -2.38. The molecule has 0 saturated carbocycles. The Morgan fingerprint density at radius 3 is 2.00 bits per heavy atom. The smallest absolute Gasteiger partial charge is 0.149 e. The van der Waals surface area contributed by atoms with Crippen LogP contribution in [0.3, 0.4) is 0 Å². The highest BCUT2D eigenvalue weighted by Crippen LogP contribution is 2.26. The number of hydrogen-bond donors (Lipinski definition) is 0. The van der Waals surface area contributed by atoms with Crippen LogP contribution in [0, 0.1) is 11.6 Å². The SMILES string of the molecule is CCc1cc(F)c(N2CCN(C(C)C)CC2)c(F)c1. The van der Waals surface area contributed by atoms with E-state index in [1.807, 2.05) is 11.8 Å². The Hall–Kier alpha value is -1.16. The van der Waals surface area contributed by atoms with Crippen molar-refractivity contribution in [2.75, 3.05) is 31.1 Å². The van der Waals surface area contributed by atoms with Crippen LogP contribution in [0.2, 0.25) is 0 Å². The van der Waals surface area contributed by atoms with Gasteiger partial charge in [-0.3, -0.25) is 4.90 Å². The molecule has 0 radical (unpaired) electrons. The van der Waals surface area contributed by atoms with E-state index in [9.17, 15) is 8.78 Å². The van der Waals surface area contributed by atoms with Crippen LogP contribution < -0.4 is 4.90 Å². The maximum atomic E-state index is 14.0. The van der Waals surface area contributed by atoms with Crippen molar-refractivity contribution in [2.24, 2.45) is 0 Å². The number of aryl methyl sites for hydroxylation is 1. The summed E-state index contributed by atoms with van der Waals surface area (Å²) in [6.45, 7) is 9.25. The molecule has 106 valence electrons. The van der Waals surface area contributed by atoms with Crippen LogP contribution in [0.25, 0.3) is 0 Å². The van der Waals surface area contributed by atoms with Gasteiger partial charge >= 0.3 is 0 Å². The number of benzene rings is 1. The molecule has 1 fully saturated rings. The zero-order valence-corrected chi connectivity index (χ0v) is 11.9. The minimum atomic E-state index is -0.435. The van der Waals surface area contributed by atoms with Gasteiger partial charge in [-0.2, -0.15) is 0 Å². The summed E-state index contributed by atoms with van der Waals surface area (Å²) >= 11 is 0. The highest BCUT2D eigenvalue weighted by atomic mass is 19.1. The third kappa shape index (κ3) is 3.06. The summed E-state index contributed by atoms with van der Waals surface area (Å²) in [5.41, 5.74) is 0.847. The van der Waals surface area contributed by atoms with Gasteiger partial charge in [0, 0.05) is 32.2 Å². The second-order valence-corrected chi connectivity index (χ2v) is 5.38. The highest BCUT2D eigenvalue weighted by molar-refractivity contribution is 5.51. The predicted octanol–water partition coefficient (Wildman–Crippen LogP) is 3.06. The first-order valence-corrected chi connectivity index (χ1v) is 6.99. The molecule has 2 nitrogen and oxygen atoms in total. The lowest BCUT2D eigenvalue weighted by atomic mass is 10.1. The molecule has 4 heteroatoms. The van der Waals surface area contributed by atoms with Gasteiger partial charge in [0.1, 0.15) is 17.3 Å². The van der Waals surface area contributed by atoms with Crippen LogP contribution >= 0.6 is 0 Å². The van der Waals surface area contributed by atoms with Crippen molar-refractivity contribution in [1.29, 1.82) is 0 Å². The Bertz CT molecular complexity index is 415. The first-order valence-electron chi connectivity index (χ1n) is 6.99. The lowest BCUT2D eigenvalue weighted by molar-refractivity contribution is 0.208. The molecule has 2 rings (SSSR count). The van der Waals surface area contributed by atoms with Crippen molar-refractivity contribution in [3.63, 3.8) is 0 Å². The maximum Gasteiger partial charge on any atom is 0.149 e. The number of hydrogen-bond acceptors (Lipinski definition) is 2. The van der Waals surface area contributed by atoms with E-state index < -0.39 is 11.6 Å². The molecule has 1 saturated heterocycles. The van der Waals surface area contributed by atoms with Crippen LogP contribution in [0.15, 0.2) is 12.1 Å². The number of anilines is 1. The number of nitrogens with zero attached hydrogens (tertiary/aromatic N) is 2. The van der Waals surface area contributed by atoms with Gasteiger partial charge in [0.05, 0.1) is 0 Å². The molecule has 0 aliphatic carbocycles. The van der Waals surface area contributed by atoms with E-state index in [4.69, 9.17) is 0 Å². The van der Waals surface area contributed by atoms with Crippen molar-refractivity contribution >= 4 is 5.69 Å². The fourth-order valence-electron chi connectivity index (χ4n) is 2.59. The van der Waals surface area contributed by atoms with E-state index >= 15 is 0 Å². The maximum absolute atomic E-state index is 14.0. The first-order chi connectivity index (χ1) is 9.02. The Labute approximate surface area is 114 Å². The molecule has 1 aromatic carbocycles. The van der Waals surface area contributed by atoms with Crippen LogP contribution in [0.4, 0.5) is 14.5 Å². The summed E-state index contributed by atoms with van der Waals surface area (Å²) in [5, 5.41) is 0. The van der Waals surface area contributed by atoms with Gasteiger partial charge in [-0.05, 0) is 38.0 Å². The second kappa shape index (κ2) is 5.87. The number of halogens is 2. The van der Waals surface area contributed by atoms with Gasteiger partial charge < -0.3 is 4.90 Å². The molecule has 1 heterocycles. The van der Waals surface area contributed by atoms with Crippen molar-refractivity contribution < 1.29 is 8.78 Å². The summed E-state index contributed by atoms with van der Waals surface area (Å²) < 4.78 is 28.1. The molecule has 0 aromatic heterocycles. The minimum Gasteiger partial charge on any atom is -0.364 e. The molecule has 0 unspecified atom stereocenters. The van der Waals surface area contributed by atoms with Gasteiger partial charge in [0.25, 0.3) is 0 Å². The minimum absolute atomic E-state index is 0.139. The zero-order valence-electron chi connectivity index (χ0n) is 11.9. The van der Waals surface area contributed by atoms with E-state index in [1.54, 1.807) is 0 Å². The van der Waals surface area contributed by atoms with Crippen LogP contribution in [0.5, 0.6) is 0 Å². The molecular formula is C15H22F2N2. The molecule has 1 aromatic rings. The molecule has 1 aliphatic rings. The Kier molecular flexibility index (Phi) is 4.40. The number of piperazine rings is 1. The average molecular weight is 268 g/mol. The van der Waals surface area contributed by atoms with Crippen molar-refractivity contribution in [3.05, 3.63) is 29.3 Å². The standard InChI is InChI=1S/C15H22F2N2/c1-4-12-9-13(16)15(14(17)10-12)19-7-5-18(6-8-19)11(2)3/h9-11H,4-8H2,1-3H3. The fourth-order valence-corrected chi connectivity index (χ4v) is 2.59. The molecule has 0 atom stereocenters. The Morgan fingerprint density at radius 1 is 1.05 bits per heavy atom. The lowest BCUT2D eigenvalue weighted by Crippen LogP contribution is -2.49. The van der Waals surface area contributed by atoms with Gasteiger partial charge in [0.2, 0.25) is 0 Å². The second-order valence-electron chi connectivity index (χ2n) is 5.38. The Balaban J connectivity index is 2.15. The molecular weight excluding hydrogens is 246 g/mol. The fraction of sp³-hybridized carbons (Fsp3) is 0.600. The van der Waals surface area contributed by atoms with E-state index in [1.165, 1.54) is 12.1 Å². The van der Waals surface area contributed by atoms with Crippen LogP contribution in [-0.4, -0.2) is 37.1 Å². The van der Waals surface area contributed by atoms with Gasteiger partial charge in [0.15, 0.2) is 0 Å². The molecule has 0 bridgehead atoms. The third-order valence-electron chi connectivity index (χ3n) is 3.85. The molecule has 0 spiro atoms. The summed E-state index contributed by atoms with van der Waals surface area (Å²) in [6, 6.07) is 3.39. The summed E-state index contributed by atoms with van der Waals surface area (Å²) in [6.07, 6.45) is 0.648. The van der Waals surface area contributed by atoms with Crippen LogP contribution in [-0.2, 0) is 6.42 Å². The first kappa shape index (κ1) is 14.3. The normalized spacial score (nSPS) is 17.3. The average Bonchev–Trinajstić information content (AvgIpc) is 2.38. The van der Waals surface area contributed by atoms with Gasteiger partial charge in [-0.15, -0.1) is 0 Å². The van der Waals surface area contributed by atoms with Crippen molar-refractivity contribution in [3.8, 4) is 0 Å². The Morgan fingerprint density at radius 2 is 1.58 bits per heavy atom. The van der Waals surface area contributed by atoms with E-state index in [0.717, 1.165) is 13.1 Å². The molecule has 0 amide bonds.